The van der Waals surface area contributed by atoms with E-state index < -0.39 is 47.9 Å². The normalized spacial score (nSPS) is 19.4. The molecule has 0 saturated carbocycles. The van der Waals surface area contributed by atoms with Gasteiger partial charge in [0.05, 0.1) is 17.5 Å². The van der Waals surface area contributed by atoms with Crippen LogP contribution >= 0.6 is 0 Å². The van der Waals surface area contributed by atoms with E-state index in [1.54, 1.807) is 91.0 Å². The summed E-state index contributed by atoms with van der Waals surface area (Å²) in [5, 5.41) is 13.9. The second kappa shape index (κ2) is 12.3. The molecule has 3 heterocycles. The highest BCUT2D eigenvalue weighted by molar-refractivity contribution is 6.03. The number of aromatic amines is 1. The predicted molar refractivity (Wildman–Crippen MR) is 155 cm³/mol. The Morgan fingerprint density at radius 3 is 2.11 bits per heavy atom. The highest BCUT2D eigenvalue weighted by Crippen LogP contribution is 2.34. The summed E-state index contributed by atoms with van der Waals surface area (Å²) >= 11 is 0. The van der Waals surface area contributed by atoms with Gasteiger partial charge in [-0.15, -0.1) is 0 Å². The first kappa shape index (κ1) is 28.5. The molecule has 1 fully saturated rings. The number of H-pyrrole nitrogens is 1. The number of aliphatic hydroxyl groups is 1. The van der Waals surface area contributed by atoms with Crippen LogP contribution in [0.25, 0.3) is 11.2 Å². The molecule has 1 aliphatic heterocycles. The molecule has 2 aromatic heterocycles. The Morgan fingerprint density at radius 2 is 1.48 bits per heavy atom. The predicted octanol–water partition coefficient (Wildman–Crippen LogP) is 2.71. The van der Waals surface area contributed by atoms with Crippen molar-refractivity contribution in [2.45, 2.75) is 24.5 Å². The van der Waals surface area contributed by atoms with Gasteiger partial charge in [0.1, 0.15) is 18.8 Å². The van der Waals surface area contributed by atoms with Gasteiger partial charge in [-0.1, -0.05) is 54.6 Å². The number of anilines is 1. The van der Waals surface area contributed by atoms with E-state index >= 15 is 0 Å². The van der Waals surface area contributed by atoms with Crippen molar-refractivity contribution < 1.29 is 33.7 Å². The van der Waals surface area contributed by atoms with Crippen LogP contribution < -0.4 is 10.9 Å². The maximum Gasteiger partial charge on any atom is 0.338 e. The second-order valence-electron chi connectivity index (χ2n) is 9.81. The molecule has 4 atom stereocenters. The van der Waals surface area contributed by atoms with Crippen LogP contribution in [-0.2, 0) is 14.2 Å². The van der Waals surface area contributed by atoms with Gasteiger partial charge < -0.3 is 19.3 Å². The highest BCUT2D eigenvalue weighted by Gasteiger charge is 2.48. The van der Waals surface area contributed by atoms with Gasteiger partial charge >= 0.3 is 11.9 Å². The number of aliphatic hydroxyl groups excluding tert-OH is 1. The zero-order valence-corrected chi connectivity index (χ0v) is 22.9. The fraction of sp³-hybridized carbons (Fsp3) is 0.161. The van der Waals surface area contributed by atoms with Crippen molar-refractivity contribution in [1.29, 1.82) is 0 Å². The highest BCUT2D eigenvalue weighted by atomic mass is 16.6. The minimum absolute atomic E-state index is 0.0174. The SMILES string of the molecule is O=C(Nc1nc2c(ncn2[C@@H]2O[C@H](COC(=O)c3ccccc3)[C@H](OC(=O)c3ccccc3)[C@@H]2O)c(=O)[nH]1)c1ccccc1. The van der Waals surface area contributed by atoms with E-state index in [1.807, 2.05) is 0 Å². The number of esters is 2. The van der Waals surface area contributed by atoms with Crippen molar-refractivity contribution >= 4 is 35.0 Å². The molecule has 1 amide bonds. The molecule has 0 aliphatic carbocycles. The number of hydrogen-bond acceptors (Lipinski definition) is 10. The van der Waals surface area contributed by atoms with E-state index in [-0.39, 0.29) is 29.3 Å². The first-order valence-electron chi connectivity index (χ1n) is 13.5. The summed E-state index contributed by atoms with van der Waals surface area (Å²) in [4.78, 5) is 62.0. The molecule has 6 rings (SSSR count). The standard InChI is InChI=1S/C31H25N5O8/c37-23-24(44-30(41)20-14-8-3-9-15-20)21(16-42-29(40)19-12-6-2-7-13-19)43-28(23)36-17-32-22-25(36)33-31(35-27(22)39)34-26(38)18-10-4-1-5-11-18/h1-15,17,21,23-24,28,37H,16H2,(H2,33,34,35,38,39)/t21-,23+,24+,28-/m1/s1. The van der Waals surface area contributed by atoms with E-state index in [4.69, 9.17) is 14.2 Å². The Labute approximate surface area is 249 Å². The van der Waals surface area contributed by atoms with Crippen molar-refractivity contribution in [2.24, 2.45) is 0 Å². The molecule has 44 heavy (non-hydrogen) atoms. The Morgan fingerprint density at radius 1 is 0.886 bits per heavy atom. The monoisotopic (exact) mass is 595 g/mol. The number of benzene rings is 3. The van der Waals surface area contributed by atoms with Crippen molar-refractivity contribution in [3.63, 3.8) is 0 Å². The van der Waals surface area contributed by atoms with Crippen molar-refractivity contribution in [1.82, 2.24) is 19.5 Å². The lowest BCUT2D eigenvalue weighted by molar-refractivity contribution is -0.0585. The molecule has 1 saturated heterocycles. The van der Waals surface area contributed by atoms with Gasteiger partial charge in [0.15, 0.2) is 23.5 Å². The lowest BCUT2D eigenvalue weighted by Crippen LogP contribution is -2.38. The molecule has 1 aliphatic rings. The first-order valence-corrected chi connectivity index (χ1v) is 13.5. The zero-order chi connectivity index (χ0) is 30.6. The number of aromatic nitrogens is 4. The molecule has 0 spiro atoms. The molecule has 0 unspecified atom stereocenters. The largest absolute Gasteiger partial charge is 0.459 e. The number of amides is 1. The maximum atomic E-state index is 13.0. The number of ether oxygens (including phenoxy) is 3. The lowest BCUT2D eigenvalue weighted by Gasteiger charge is -2.20. The van der Waals surface area contributed by atoms with Crippen LogP contribution in [0, 0.1) is 0 Å². The zero-order valence-electron chi connectivity index (χ0n) is 22.9. The number of rotatable bonds is 8. The van der Waals surface area contributed by atoms with Gasteiger partial charge in [-0.25, -0.2) is 14.6 Å². The molecule has 5 aromatic rings. The summed E-state index contributed by atoms with van der Waals surface area (Å²) in [6.45, 7) is -0.368. The molecule has 13 heteroatoms. The number of nitrogens with one attached hydrogen (secondary N) is 2. The van der Waals surface area contributed by atoms with Gasteiger partial charge in [0, 0.05) is 5.56 Å². The Hall–Kier alpha value is -5.66. The van der Waals surface area contributed by atoms with Crippen LogP contribution in [0.4, 0.5) is 5.95 Å². The van der Waals surface area contributed by atoms with E-state index in [9.17, 15) is 24.3 Å². The smallest absolute Gasteiger partial charge is 0.338 e. The van der Waals surface area contributed by atoms with Crippen LogP contribution in [0.15, 0.2) is 102 Å². The molecular formula is C31H25N5O8. The Kier molecular flexibility index (Phi) is 7.95. The summed E-state index contributed by atoms with van der Waals surface area (Å²) in [6.07, 6.45) is -3.91. The fourth-order valence-corrected chi connectivity index (χ4v) is 4.75. The molecule has 0 radical (unpaired) electrons. The van der Waals surface area contributed by atoms with Crippen LogP contribution in [0.3, 0.4) is 0 Å². The average Bonchev–Trinajstić information content (AvgIpc) is 3.61. The van der Waals surface area contributed by atoms with E-state index in [2.05, 4.69) is 20.3 Å². The summed E-state index contributed by atoms with van der Waals surface area (Å²) in [7, 11) is 0. The number of imidazole rings is 1. The quantitative estimate of drug-likeness (QED) is 0.226. The third kappa shape index (κ3) is 5.82. The second-order valence-corrected chi connectivity index (χ2v) is 9.81. The molecular weight excluding hydrogens is 570 g/mol. The number of carbonyl (C=O) groups is 3. The fourth-order valence-electron chi connectivity index (χ4n) is 4.75. The minimum Gasteiger partial charge on any atom is -0.459 e. The van der Waals surface area contributed by atoms with Gasteiger partial charge in [0.2, 0.25) is 5.95 Å². The van der Waals surface area contributed by atoms with Crippen LogP contribution in [0.5, 0.6) is 0 Å². The summed E-state index contributed by atoms with van der Waals surface area (Å²) < 4.78 is 18.5. The summed E-state index contributed by atoms with van der Waals surface area (Å²) in [5.74, 6) is -2.04. The molecule has 0 bridgehead atoms. The maximum absolute atomic E-state index is 13.0. The lowest BCUT2D eigenvalue weighted by atomic mass is 10.1. The van der Waals surface area contributed by atoms with Crippen LogP contribution in [0.1, 0.15) is 37.3 Å². The molecule has 13 nitrogen and oxygen atoms in total. The van der Waals surface area contributed by atoms with Gasteiger partial charge in [-0.2, -0.15) is 4.98 Å². The molecule has 3 N–H and O–H groups in total. The number of nitrogens with zero attached hydrogens (tertiary/aromatic N) is 3. The topological polar surface area (TPSA) is 175 Å². The van der Waals surface area contributed by atoms with Gasteiger partial charge in [-0.3, -0.25) is 24.5 Å². The third-order valence-electron chi connectivity index (χ3n) is 6.92. The van der Waals surface area contributed by atoms with Crippen molar-refractivity contribution in [3.8, 4) is 0 Å². The number of fused-ring (bicyclic) bond motifs is 1. The van der Waals surface area contributed by atoms with E-state index in [0.717, 1.165) is 0 Å². The van der Waals surface area contributed by atoms with E-state index in [0.29, 0.717) is 11.1 Å². The first-order chi connectivity index (χ1) is 21.4. The number of hydrogen-bond donors (Lipinski definition) is 3. The van der Waals surface area contributed by atoms with Gasteiger partial charge in [0.25, 0.3) is 11.5 Å². The minimum atomic E-state index is -1.50. The van der Waals surface area contributed by atoms with Crippen molar-refractivity contribution in [2.75, 3.05) is 11.9 Å². The molecule has 3 aromatic carbocycles. The van der Waals surface area contributed by atoms with Crippen molar-refractivity contribution in [3.05, 3.63) is 124 Å². The third-order valence-corrected chi connectivity index (χ3v) is 6.92. The summed E-state index contributed by atoms with van der Waals surface area (Å²) in [5.41, 5.74) is 0.128. The number of carbonyl (C=O) groups excluding carboxylic acids is 3. The van der Waals surface area contributed by atoms with Gasteiger partial charge in [-0.05, 0) is 36.4 Å². The Bertz CT molecular complexity index is 1860. The molecule has 222 valence electrons. The van der Waals surface area contributed by atoms with Crippen LogP contribution in [-0.4, -0.2) is 67.4 Å². The summed E-state index contributed by atoms with van der Waals surface area (Å²) in [6, 6.07) is 24.8. The average molecular weight is 596 g/mol. The van der Waals surface area contributed by atoms with Crippen LogP contribution in [0.2, 0.25) is 0 Å². The Balaban J connectivity index is 1.28. The van der Waals surface area contributed by atoms with E-state index in [1.165, 1.54) is 10.9 Å².